The first-order valence-electron chi connectivity index (χ1n) is 14.3. The van der Waals surface area contributed by atoms with E-state index in [4.69, 9.17) is 4.74 Å². The van der Waals surface area contributed by atoms with Crippen LogP contribution in [0.1, 0.15) is 66.2 Å². The number of benzene rings is 3. The number of pyridine rings is 1. The van der Waals surface area contributed by atoms with E-state index in [9.17, 15) is 14.4 Å². The SMILES string of the molecule is CCC[C@H](NC(=O)c1cccc2cccnc12)C(=O)N[C@@H](CC(=O)OCC)c1cc(-c2c(C)cccc2C)cc(F)c1F. The number of aryl methyl sites for hydroxylation is 2. The first-order chi connectivity index (χ1) is 20.6. The Morgan fingerprint density at radius 2 is 1.63 bits per heavy atom. The van der Waals surface area contributed by atoms with Gasteiger partial charge in [0.1, 0.15) is 6.04 Å². The van der Waals surface area contributed by atoms with E-state index in [2.05, 4.69) is 15.6 Å². The maximum Gasteiger partial charge on any atom is 0.308 e. The van der Waals surface area contributed by atoms with Crippen LogP contribution in [0.2, 0.25) is 0 Å². The topological polar surface area (TPSA) is 97.4 Å². The van der Waals surface area contributed by atoms with Crippen molar-refractivity contribution in [2.45, 2.75) is 59.0 Å². The predicted octanol–water partition coefficient (Wildman–Crippen LogP) is 6.51. The van der Waals surface area contributed by atoms with Crippen LogP contribution in [-0.2, 0) is 14.3 Å². The molecule has 0 fully saturated rings. The minimum Gasteiger partial charge on any atom is -0.466 e. The molecule has 224 valence electrons. The number of fused-ring (bicyclic) bond motifs is 1. The van der Waals surface area contributed by atoms with Gasteiger partial charge < -0.3 is 15.4 Å². The summed E-state index contributed by atoms with van der Waals surface area (Å²) in [6.07, 6.45) is 1.95. The highest BCUT2D eigenvalue weighted by Gasteiger charge is 2.29. The summed E-state index contributed by atoms with van der Waals surface area (Å²) in [6, 6.07) is 14.6. The lowest BCUT2D eigenvalue weighted by Crippen LogP contribution is -2.48. The Morgan fingerprint density at radius 1 is 0.930 bits per heavy atom. The fourth-order valence-electron chi connectivity index (χ4n) is 5.26. The van der Waals surface area contributed by atoms with Crippen LogP contribution < -0.4 is 10.6 Å². The number of carbonyl (C=O) groups is 3. The van der Waals surface area contributed by atoms with Gasteiger partial charge >= 0.3 is 5.97 Å². The fraction of sp³-hybridized carbons (Fsp3) is 0.294. The Labute approximate surface area is 249 Å². The van der Waals surface area contributed by atoms with Crippen molar-refractivity contribution in [3.63, 3.8) is 0 Å². The molecular formula is C34H35F2N3O4. The van der Waals surface area contributed by atoms with Crippen molar-refractivity contribution in [2.24, 2.45) is 0 Å². The molecule has 43 heavy (non-hydrogen) atoms. The van der Waals surface area contributed by atoms with Crippen LogP contribution in [0.3, 0.4) is 0 Å². The monoisotopic (exact) mass is 587 g/mol. The van der Waals surface area contributed by atoms with Crippen LogP contribution in [-0.4, -0.2) is 35.4 Å². The molecule has 0 bridgehead atoms. The lowest BCUT2D eigenvalue weighted by Gasteiger charge is -2.24. The summed E-state index contributed by atoms with van der Waals surface area (Å²) in [6.45, 7) is 7.29. The van der Waals surface area contributed by atoms with Gasteiger partial charge in [0.05, 0.1) is 30.1 Å². The molecule has 2 amide bonds. The highest BCUT2D eigenvalue weighted by Crippen LogP contribution is 2.33. The quantitative estimate of drug-likeness (QED) is 0.195. The van der Waals surface area contributed by atoms with Crippen LogP contribution >= 0.6 is 0 Å². The van der Waals surface area contributed by atoms with E-state index < -0.39 is 47.9 Å². The zero-order valence-electron chi connectivity index (χ0n) is 24.7. The Kier molecular flexibility index (Phi) is 10.2. The molecular weight excluding hydrogens is 552 g/mol. The first-order valence-corrected chi connectivity index (χ1v) is 14.3. The summed E-state index contributed by atoms with van der Waals surface area (Å²) < 4.78 is 35.6. The van der Waals surface area contributed by atoms with Crippen LogP contribution in [0.5, 0.6) is 0 Å². The summed E-state index contributed by atoms with van der Waals surface area (Å²) in [7, 11) is 0. The minimum absolute atomic E-state index is 0.0758. The highest BCUT2D eigenvalue weighted by molar-refractivity contribution is 6.06. The lowest BCUT2D eigenvalue weighted by atomic mass is 9.92. The molecule has 0 unspecified atom stereocenters. The van der Waals surface area contributed by atoms with Gasteiger partial charge in [0.25, 0.3) is 5.91 Å². The molecule has 0 aliphatic rings. The van der Waals surface area contributed by atoms with E-state index in [0.29, 0.717) is 23.1 Å². The smallest absolute Gasteiger partial charge is 0.308 e. The van der Waals surface area contributed by atoms with Crippen molar-refractivity contribution in [2.75, 3.05) is 6.61 Å². The molecule has 0 radical (unpaired) electrons. The van der Waals surface area contributed by atoms with Gasteiger partial charge in [-0.1, -0.05) is 49.7 Å². The van der Waals surface area contributed by atoms with Gasteiger partial charge in [-0.15, -0.1) is 0 Å². The summed E-state index contributed by atoms with van der Waals surface area (Å²) in [5, 5.41) is 6.23. The molecule has 3 aromatic carbocycles. The Bertz CT molecular complexity index is 1630. The van der Waals surface area contributed by atoms with Gasteiger partial charge in [-0.2, -0.15) is 0 Å². The number of amides is 2. The van der Waals surface area contributed by atoms with Crippen molar-refractivity contribution < 1.29 is 27.9 Å². The van der Waals surface area contributed by atoms with Gasteiger partial charge in [-0.3, -0.25) is 19.4 Å². The van der Waals surface area contributed by atoms with Gasteiger partial charge in [-0.25, -0.2) is 8.78 Å². The summed E-state index contributed by atoms with van der Waals surface area (Å²) in [4.78, 5) is 43.8. The molecule has 4 rings (SSSR count). The molecule has 4 aromatic rings. The number of aromatic nitrogens is 1. The van der Waals surface area contributed by atoms with E-state index in [1.807, 2.05) is 51.1 Å². The van der Waals surface area contributed by atoms with Gasteiger partial charge in [-0.05, 0) is 73.7 Å². The Hall–Kier alpha value is -4.66. The van der Waals surface area contributed by atoms with E-state index in [0.717, 1.165) is 28.1 Å². The molecule has 0 aliphatic heterocycles. The number of para-hydroxylation sites is 1. The van der Waals surface area contributed by atoms with Crippen LogP contribution in [0, 0.1) is 25.5 Å². The van der Waals surface area contributed by atoms with Crippen molar-refractivity contribution in [3.8, 4) is 11.1 Å². The zero-order valence-corrected chi connectivity index (χ0v) is 24.7. The molecule has 9 heteroatoms. The van der Waals surface area contributed by atoms with Crippen molar-refractivity contribution >= 4 is 28.7 Å². The molecule has 1 aromatic heterocycles. The highest BCUT2D eigenvalue weighted by atomic mass is 19.2. The molecule has 2 N–H and O–H groups in total. The van der Waals surface area contributed by atoms with Crippen LogP contribution in [0.4, 0.5) is 8.78 Å². The largest absolute Gasteiger partial charge is 0.466 e. The van der Waals surface area contributed by atoms with Gasteiger partial charge in [0.15, 0.2) is 11.6 Å². The maximum absolute atomic E-state index is 15.4. The van der Waals surface area contributed by atoms with Crippen LogP contribution in [0.25, 0.3) is 22.0 Å². The summed E-state index contributed by atoms with van der Waals surface area (Å²) in [5.41, 5.74) is 3.44. The van der Waals surface area contributed by atoms with Crippen molar-refractivity contribution in [3.05, 3.63) is 101 Å². The number of carbonyl (C=O) groups excluding carboxylic acids is 3. The normalized spacial score (nSPS) is 12.4. The number of nitrogens with one attached hydrogen (secondary N) is 2. The second-order valence-electron chi connectivity index (χ2n) is 10.4. The molecule has 0 saturated carbocycles. The standard InChI is InChI=1S/C34H35F2N3O4/c1-5-10-27(38-33(41)24-15-8-13-22-14-9-16-37-32(22)24)34(42)39-28(19-29(40)43-6-2)25-17-23(18-26(35)31(25)36)30-20(3)11-7-12-21(30)4/h7-9,11-18,27-28H,5-6,10,19H2,1-4H3,(H,38,41)(H,39,42)/t27-,28-/m0/s1. The number of halogens is 2. The number of rotatable bonds is 11. The average Bonchev–Trinajstić information content (AvgIpc) is 2.98. The van der Waals surface area contributed by atoms with Crippen LogP contribution in [0.15, 0.2) is 66.9 Å². The summed E-state index contributed by atoms with van der Waals surface area (Å²) >= 11 is 0. The third-order valence-corrected chi connectivity index (χ3v) is 7.27. The third-order valence-electron chi connectivity index (χ3n) is 7.27. The number of ether oxygens (including phenoxy) is 1. The second-order valence-corrected chi connectivity index (χ2v) is 10.4. The molecule has 0 spiro atoms. The number of esters is 1. The van der Waals surface area contributed by atoms with Crippen molar-refractivity contribution in [1.82, 2.24) is 15.6 Å². The van der Waals surface area contributed by atoms with Gasteiger partial charge in [0, 0.05) is 17.1 Å². The van der Waals surface area contributed by atoms with E-state index >= 15 is 8.78 Å². The summed E-state index contributed by atoms with van der Waals surface area (Å²) in [5.74, 6) is -4.13. The zero-order chi connectivity index (χ0) is 31.1. The Balaban J connectivity index is 1.68. The van der Waals surface area contributed by atoms with Gasteiger partial charge in [0.2, 0.25) is 5.91 Å². The van der Waals surface area contributed by atoms with E-state index in [-0.39, 0.29) is 18.6 Å². The second kappa shape index (κ2) is 14.0. The van der Waals surface area contributed by atoms with Crippen molar-refractivity contribution in [1.29, 1.82) is 0 Å². The molecule has 0 aliphatic carbocycles. The minimum atomic E-state index is -1.26. The maximum atomic E-state index is 15.4. The predicted molar refractivity (Wildman–Crippen MR) is 161 cm³/mol. The Morgan fingerprint density at radius 3 is 2.33 bits per heavy atom. The molecule has 2 atom stereocenters. The van der Waals surface area contributed by atoms with E-state index in [1.54, 1.807) is 31.3 Å². The molecule has 1 heterocycles. The molecule has 0 saturated heterocycles. The number of hydrogen-bond donors (Lipinski definition) is 2. The fourth-order valence-corrected chi connectivity index (χ4v) is 5.26. The lowest BCUT2D eigenvalue weighted by molar-refractivity contribution is -0.143. The third kappa shape index (κ3) is 7.23. The average molecular weight is 588 g/mol. The molecule has 7 nitrogen and oxygen atoms in total. The number of nitrogens with zero attached hydrogens (tertiary/aromatic N) is 1. The number of hydrogen-bond acceptors (Lipinski definition) is 5. The first kappa shape index (κ1) is 31.3. The van der Waals surface area contributed by atoms with E-state index in [1.165, 1.54) is 6.07 Å².